The summed E-state index contributed by atoms with van der Waals surface area (Å²) in [6.07, 6.45) is 1.82. The summed E-state index contributed by atoms with van der Waals surface area (Å²) in [6.45, 7) is -0.554. The maximum Gasteiger partial charge on any atom is 0.364 e. The molecule has 0 aliphatic heterocycles. The van der Waals surface area contributed by atoms with Crippen molar-refractivity contribution in [2.24, 2.45) is 0 Å². The van der Waals surface area contributed by atoms with Crippen molar-refractivity contribution >= 4 is 35.1 Å². The molecule has 0 radical (unpaired) electrons. The summed E-state index contributed by atoms with van der Waals surface area (Å²) in [6, 6.07) is 12.1. The van der Waals surface area contributed by atoms with Gasteiger partial charge in [-0.2, -0.15) is 0 Å². The lowest BCUT2D eigenvalue weighted by atomic mass is 9.90. The number of ether oxygens (including phenoxy) is 3. The smallest absolute Gasteiger partial charge is 0.364 e. The lowest BCUT2D eigenvalue weighted by molar-refractivity contribution is -0.0173. The predicted octanol–water partition coefficient (Wildman–Crippen LogP) is 4.02. The third-order valence-electron chi connectivity index (χ3n) is 4.81. The third-order valence-corrected chi connectivity index (χ3v) is 5.54. The molecule has 1 N–H and O–H groups in total. The number of rotatable bonds is 6. The quantitative estimate of drug-likeness (QED) is 0.436. The second-order valence-corrected chi connectivity index (χ2v) is 7.67. The number of carbonyl (C=O) groups is 2. The van der Waals surface area contributed by atoms with Crippen LogP contribution in [0.25, 0.3) is 0 Å². The van der Waals surface area contributed by atoms with E-state index in [0.717, 1.165) is 17.5 Å². The number of fused-ring (bicyclic) bond motifs is 1. The molecule has 1 aromatic heterocycles. The zero-order valence-corrected chi connectivity index (χ0v) is 17.7. The van der Waals surface area contributed by atoms with E-state index in [4.69, 9.17) is 37.4 Å². The number of benzene rings is 2. The predicted molar refractivity (Wildman–Crippen MR) is 111 cm³/mol. The van der Waals surface area contributed by atoms with Crippen molar-refractivity contribution in [2.75, 3.05) is 6.79 Å². The summed E-state index contributed by atoms with van der Waals surface area (Å²) in [7, 11) is 0. The first-order chi connectivity index (χ1) is 15.0. The number of H-pyrrole nitrogens is 1. The van der Waals surface area contributed by atoms with Gasteiger partial charge in [0.05, 0.1) is 15.6 Å². The molecule has 10 heteroatoms. The molecule has 1 unspecified atom stereocenters. The number of halogens is 2. The first-order valence-electron chi connectivity index (χ1n) is 9.45. The Morgan fingerprint density at radius 1 is 1.03 bits per heavy atom. The second kappa shape index (κ2) is 9.36. The Hall–Kier alpha value is -3.10. The molecule has 4 rings (SSSR count). The highest BCUT2D eigenvalue weighted by Crippen LogP contribution is 2.32. The van der Waals surface area contributed by atoms with Crippen LogP contribution in [0.1, 0.15) is 38.4 Å². The minimum atomic E-state index is -0.799. The number of nitrogens with zero attached hydrogens (tertiary/aromatic N) is 2. The SMILES string of the molecule is O=C(OCOC(=O)c1[nH]nnc1OC1CCc2cc(Cl)c(Cl)cc2C1)c1ccccc1. The van der Waals surface area contributed by atoms with Crippen molar-refractivity contribution in [1.82, 2.24) is 15.4 Å². The van der Waals surface area contributed by atoms with Crippen LogP contribution in [0.4, 0.5) is 0 Å². The Morgan fingerprint density at radius 3 is 2.52 bits per heavy atom. The summed E-state index contributed by atoms with van der Waals surface area (Å²) in [5.74, 6) is -1.38. The fourth-order valence-electron chi connectivity index (χ4n) is 3.27. The molecule has 0 saturated heterocycles. The standard InChI is InChI=1S/C21H17Cl2N3O5/c22-16-9-13-6-7-15(8-14(13)10-17(16)23)31-19-18(24-26-25-19)21(28)30-11-29-20(27)12-4-2-1-3-5-12/h1-5,9-10,15H,6-8,11H2,(H,24,25,26). The zero-order valence-electron chi connectivity index (χ0n) is 16.1. The minimum Gasteiger partial charge on any atom is -0.471 e. The zero-order chi connectivity index (χ0) is 21.8. The van der Waals surface area contributed by atoms with E-state index in [1.165, 1.54) is 0 Å². The first kappa shape index (κ1) is 21.1. The van der Waals surface area contributed by atoms with Gasteiger partial charge in [-0.25, -0.2) is 14.7 Å². The average molecular weight is 462 g/mol. The number of esters is 2. The molecule has 1 heterocycles. The van der Waals surface area contributed by atoms with Gasteiger partial charge in [-0.3, -0.25) is 0 Å². The molecule has 1 aliphatic carbocycles. The van der Waals surface area contributed by atoms with Gasteiger partial charge < -0.3 is 14.2 Å². The highest BCUT2D eigenvalue weighted by molar-refractivity contribution is 6.42. The number of aryl methyl sites for hydroxylation is 1. The monoisotopic (exact) mass is 461 g/mol. The number of aromatic amines is 1. The van der Waals surface area contributed by atoms with E-state index in [-0.39, 0.29) is 17.7 Å². The van der Waals surface area contributed by atoms with Crippen molar-refractivity contribution in [3.05, 3.63) is 74.9 Å². The molecule has 0 bridgehead atoms. The van der Waals surface area contributed by atoms with Crippen LogP contribution in [0.15, 0.2) is 42.5 Å². The summed E-state index contributed by atoms with van der Waals surface area (Å²) < 4.78 is 15.8. The Balaban J connectivity index is 1.34. The Bertz CT molecular complexity index is 1100. The first-order valence-corrected chi connectivity index (χ1v) is 10.2. The van der Waals surface area contributed by atoms with Crippen molar-refractivity contribution in [3.8, 4) is 5.88 Å². The van der Waals surface area contributed by atoms with E-state index in [9.17, 15) is 9.59 Å². The number of aromatic nitrogens is 3. The topological polar surface area (TPSA) is 103 Å². The summed E-state index contributed by atoms with van der Waals surface area (Å²) >= 11 is 12.2. The van der Waals surface area contributed by atoms with Gasteiger partial charge >= 0.3 is 11.9 Å². The molecule has 2 aromatic carbocycles. The molecule has 31 heavy (non-hydrogen) atoms. The average Bonchev–Trinajstić information content (AvgIpc) is 3.23. The second-order valence-electron chi connectivity index (χ2n) is 6.86. The van der Waals surface area contributed by atoms with Crippen LogP contribution in [0.2, 0.25) is 10.0 Å². The maximum absolute atomic E-state index is 12.3. The molecule has 0 saturated carbocycles. The van der Waals surface area contributed by atoms with E-state index in [0.29, 0.717) is 28.5 Å². The highest BCUT2D eigenvalue weighted by Gasteiger charge is 2.26. The van der Waals surface area contributed by atoms with Gasteiger partial charge in [-0.15, -0.1) is 0 Å². The Kier molecular flexibility index (Phi) is 6.39. The molecular weight excluding hydrogens is 445 g/mol. The summed E-state index contributed by atoms with van der Waals surface area (Å²) in [5, 5.41) is 10.9. The molecule has 8 nitrogen and oxygen atoms in total. The molecule has 1 atom stereocenters. The third kappa shape index (κ3) is 4.98. The number of nitrogens with one attached hydrogen (secondary N) is 1. The largest absolute Gasteiger partial charge is 0.471 e. The van der Waals surface area contributed by atoms with E-state index >= 15 is 0 Å². The van der Waals surface area contributed by atoms with Crippen LogP contribution >= 0.6 is 23.2 Å². The van der Waals surface area contributed by atoms with E-state index < -0.39 is 18.7 Å². The Morgan fingerprint density at radius 2 is 1.74 bits per heavy atom. The normalized spacial score (nSPS) is 15.1. The van der Waals surface area contributed by atoms with Gasteiger partial charge in [-0.1, -0.05) is 51.7 Å². The molecule has 0 amide bonds. The highest BCUT2D eigenvalue weighted by atomic mass is 35.5. The Labute approximate surface area is 187 Å². The molecule has 1 aliphatic rings. The van der Waals surface area contributed by atoms with Crippen LogP contribution in [-0.4, -0.2) is 40.2 Å². The van der Waals surface area contributed by atoms with Crippen molar-refractivity contribution in [2.45, 2.75) is 25.4 Å². The van der Waals surface area contributed by atoms with Crippen LogP contribution in [-0.2, 0) is 22.3 Å². The van der Waals surface area contributed by atoms with Crippen LogP contribution in [0.3, 0.4) is 0 Å². The van der Waals surface area contributed by atoms with Crippen LogP contribution in [0.5, 0.6) is 5.88 Å². The summed E-state index contributed by atoms with van der Waals surface area (Å²) in [4.78, 5) is 24.2. The van der Waals surface area contributed by atoms with E-state index in [2.05, 4.69) is 15.4 Å². The maximum atomic E-state index is 12.3. The van der Waals surface area contributed by atoms with Gasteiger partial charge in [0, 0.05) is 6.42 Å². The molecule has 0 fully saturated rings. The van der Waals surface area contributed by atoms with Gasteiger partial charge in [-0.05, 0) is 48.2 Å². The number of hydrogen-bond donors (Lipinski definition) is 1. The lowest BCUT2D eigenvalue weighted by Gasteiger charge is -2.25. The van der Waals surface area contributed by atoms with Crippen molar-refractivity contribution < 1.29 is 23.8 Å². The van der Waals surface area contributed by atoms with Gasteiger partial charge in [0.1, 0.15) is 6.10 Å². The van der Waals surface area contributed by atoms with Crippen LogP contribution in [0, 0.1) is 0 Å². The van der Waals surface area contributed by atoms with Crippen molar-refractivity contribution in [1.29, 1.82) is 0 Å². The number of hydrogen-bond acceptors (Lipinski definition) is 7. The van der Waals surface area contributed by atoms with Gasteiger partial charge in [0.15, 0.2) is 0 Å². The van der Waals surface area contributed by atoms with E-state index in [1.807, 2.05) is 12.1 Å². The molecule has 3 aromatic rings. The lowest BCUT2D eigenvalue weighted by Crippen LogP contribution is -2.26. The van der Waals surface area contributed by atoms with Gasteiger partial charge in [0.2, 0.25) is 12.5 Å². The van der Waals surface area contributed by atoms with Crippen LogP contribution < -0.4 is 4.74 Å². The number of carbonyl (C=O) groups excluding carboxylic acids is 2. The molecule has 160 valence electrons. The van der Waals surface area contributed by atoms with E-state index in [1.54, 1.807) is 30.3 Å². The van der Waals surface area contributed by atoms with Gasteiger partial charge in [0.25, 0.3) is 5.88 Å². The minimum absolute atomic E-state index is 0.0212. The fraction of sp³-hybridized carbons (Fsp3) is 0.238. The van der Waals surface area contributed by atoms with Crippen molar-refractivity contribution in [3.63, 3.8) is 0 Å². The molecular formula is C21H17Cl2N3O5. The summed E-state index contributed by atoms with van der Waals surface area (Å²) in [5.41, 5.74) is 2.45. The fourth-order valence-corrected chi connectivity index (χ4v) is 3.65. The molecule has 0 spiro atoms.